The van der Waals surface area contributed by atoms with Gasteiger partial charge < -0.3 is 9.64 Å². The Morgan fingerprint density at radius 1 is 1.38 bits per heavy atom. The lowest BCUT2D eigenvalue weighted by Crippen LogP contribution is -2.56. The topological polar surface area (TPSA) is 29.5 Å². The second kappa shape index (κ2) is 3.09. The van der Waals surface area contributed by atoms with E-state index >= 15 is 0 Å². The van der Waals surface area contributed by atoms with Crippen molar-refractivity contribution in [2.75, 3.05) is 13.6 Å². The van der Waals surface area contributed by atoms with Gasteiger partial charge >= 0.3 is 0 Å². The van der Waals surface area contributed by atoms with Gasteiger partial charge in [-0.1, -0.05) is 18.2 Å². The average molecular weight is 177 g/mol. The summed E-state index contributed by atoms with van der Waals surface area (Å²) in [5, 5.41) is 0. The minimum absolute atomic E-state index is 0.0591. The van der Waals surface area contributed by atoms with Gasteiger partial charge in [0.25, 0.3) is 5.91 Å². The van der Waals surface area contributed by atoms with Crippen molar-refractivity contribution in [1.82, 2.24) is 4.90 Å². The van der Waals surface area contributed by atoms with Crippen molar-refractivity contribution in [3.8, 4) is 5.75 Å². The monoisotopic (exact) mass is 177 g/mol. The molecule has 1 aliphatic rings. The summed E-state index contributed by atoms with van der Waals surface area (Å²) in [4.78, 5) is 12.8. The van der Waals surface area contributed by atoms with Crippen LogP contribution in [0.2, 0.25) is 0 Å². The van der Waals surface area contributed by atoms with E-state index in [-0.39, 0.29) is 12.0 Å². The summed E-state index contributed by atoms with van der Waals surface area (Å²) in [6, 6.07) is 9.41. The number of benzene rings is 1. The Morgan fingerprint density at radius 3 is 2.62 bits per heavy atom. The zero-order chi connectivity index (χ0) is 9.26. The number of hydrogen-bond donors (Lipinski definition) is 0. The number of rotatable bonds is 2. The van der Waals surface area contributed by atoms with E-state index in [9.17, 15) is 4.79 Å². The van der Waals surface area contributed by atoms with Gasteiger partial charge in [-0.25, -0.2) is 0 Å². The van der Waals surface area contributed by atoms with E-state index < -0.39 is 0 Å². The first-order chi connectivity index (χ1) is 6.27. The lowest BCUT2D eigenvalue weighted by atomic mass is 10.2. The molecule has 3 heteroatoms. The Bertz CT molecular complexity index is 310. The molecule has 1 amide bonds. The summed E-state index contributed by atoms with van der Waals surface area (Å²) in [5.41, 5.74) is 0. The molecule has 1 heterocycles. The third kappa shape index (κ3) is 1.49. The molecule has 1 aromatic carbocycles. The maximum Gasteiger partial charge on any atom is 0.265 e. The first-order valence-electron chi connectivity index (χ1n) is 4.24. The van der Waals surface area contributed by atoms with Crippen molar-refractivity contribution in [3.63, 3.8) is 0 Å². The van der Waals surface area contributed by atoms with Gasteiger partial charge in [0.1, 0.15) is 5.75 Å². The van der Waals surface area contributed by atoms with Gasteiger partial charge in [-0.2, -0.15) is 0 Å². The van der Waals surface area contributed by atoms with Crippen LogP contribution < -0.4 is 4.74 Å². The van der Waals surface area contributed by atoms with E-state index in [1.807, 2.05) is 30.3 Å². The van der Waals surface area contributed by atoms with Crippen LogP contribution in [0, 0.1) is 0 Å². The maximum atomic E-state index is 11.2. The van der Waals surface area contributed by atoms with E-state index in [1.165, 1.54) is 0 Å². The first-order valence-corrected chi connectivity index (χ1v) is 4.24. The molecule has 1 atom stereocenters. The Kier molecular flexibility index (Phi) is 1.93. The molecule has 0 N–H and O–H groups in total. The molecule has 13 heavy (non-hydrogen) atoms. The number of nitrogens with zero attached hydrogens (tertiary/aromatic N) is 1. The predicted octanol–water partition coefficient (Wildman–Crippen LogP) is 0.906. The summed E-state index contributed by atoms with van der Waals surface area (Å²) in [7, 11) is 1.77. The molecule has 2 rings (SSSR count). The third-order valence-electron chi connectivity index (χ3n) is 2.11. The Hall–Kier alpha value is -1.51. The molecule has 0 spiro atoms. The highest BCUT2D eigenvalue weighted by atomic mass is 16.5. The first kappa shape index (κ1) is 8.10. The fourth-order valence-electron chi connectivity index (χ4n) is 1.30. The molecule has 0 bridgehead atoms. The standard InChI is InChI=1S/C10H11NO2/c1-11-7-9(10(11)12)13-8-5-3-2-4-6-8/h2-6,9H,7H2,1H3. The zero-order valence-electron chi connectivity index (χ0n) is 7.43. The molecule has 1 aliphatic heterocycles. The number of ether oxygens (including phenoxy) is 1. The highest BCUT2D eigenvalue weighted by Crippen LogP contribution is 2.16. The number of carbonyl (C=O) groups excluding carboxylic acids is 1. The second-order valence-electron chi connectivity index (χ2n) is 3.14. The van der Waals surface area contributed by atoms with E-state index in [4.69, 9.17) is 4.74 Å². The van der Waals surface area contributed by atoms with Gasteiger partial charge in [0.15, 0.2) is 6.10 Å². The molecule has 68 valence electrons. The number of carbonyl (C=O) groups is 1. The maximum absolute atomic E-state index is 11.2. The number of para-hydroxylation sites is 1. The normalized spacial score (nSPS) is 21.2. The van der Waals surface area contributed by atoms with Crippen molar-refractivity contribution in [3.05, 3.63) is 30.3 Å². The summed E-state index contributed by atoms with van der Waals surface area (Å²) in [5.74, 6) is 0.817. The van der Waals surface area contributed by atoms with Crippen molar-refractivity contribution in [2.45, 2.75) is 6.10 Å². The van der Waals surface area contributed by atoms with Gasteiger partial charge in [-0.3, -0.25) is 4.79 Å². The van der Waals surface area contributed by atoms with Crippen LogP contribution in [-0.4, -0.2) is 30.5 Å². The average Bonchev–Trinajstić information content (AvgIpc) is 2.19. The molecule has 1 fully saturated rings. The zero-order valence-corrected chi connectivity index (χ0v) is 7.43. The fraction of sp³-hybridized carbons (Fsp3) is 0.300. The second-order valence-corrected chi connectivity index (χ2v) is 3.14. The highest BCUT2D eigenvalue weighted by molar-refractivity contribution is 5.86. The van der Waals surface area contributed by atoms with Crippen LogP contribution in [0.3, 0.4) is 0 Å². The van der Waals surface area contributed by atoms with Crippen LogP contribution in [-0.2, 0) is 4.79 Å². The number of amides is 1. The number of β-lactam (4-membered cyclic amide) rings is 1. The highest BCUT2D eigenvalue weighted by Gasteiger charge is 2.35. The van der Waals surface area contributed by atoms with E-state index in [0.29, 0.717) is 6.54 Å². The molecule has 1 saturated heterocycles. The van der Waals surface area contributed by atoms with Gasteiger partial charge in [0, 0.05) is 7.05 Å². The molecule has 0 radical (unpaired) electrons. The van der Waals surface area contributed by atoms with Gasteiger partial charge in [0.05, 0.1) is 6.54 Å². The fourth-order valence-corrected chi connectivity index (χ4v) is 1.30. The lowest BCUT2D eigenvalue weighted by Gasteiger charge is -2.34. The number of likely N-dealkylation sites (N-methyl/N-ethyl adjacent to an activating group) is 1. The predicted molar refractivity (Wildman–Crippen MR) is 48.5 cm³/mol. The largest absolute Gasteiger partial charge is 0.479 e. The van der Waals surface area contributed by atoms with Crippen molar-refractivity contribution >= 4 is 5.91 Å². The quantitative estimate of drug-likeness (QED) is 0.628. The smallest absolute Gasteiger partial charge is 0.265 e. The van der Waals surface area contributed by atoms with E-state index in [0.717, 1.165) is 5.75 Å². The number of hydrogen-bond acceptors (Lipinski definition) is 2. The Balaban J connectivity index is 1.97. The van der Waals surface area contributed by atoms with Crippen LogP contribution in [0.15, 0.2) is 30.3 Å². The minimum atomic E-state index is -0.271. The molecule has 1 aromatic rings. The molecule has 1 unspecified atom stereocenters. The molecule has 3 nitrogen and oxygen atoms in total. The summed E-state index contributed by atoms with van der Waals surface area (Å²) < 4.78 is 5.44. The van der Waals surface area contributed by atoms with Crippen LogP contribution in [0.1, 0.15) is 0 Å². The van der Waals surface area contributed by atoms with Gasteiger partial charge in [-0.15, -0.1) is 0 Å². The van der Waals surface area contributed by atoms with Crippen molar-refractivity contribution in [2.24, 2.45) is 0 Å². The molecule has 0 saturated carbocycles. The van der Waals surface area contributed by atoms with Crippen LogP contribution in [0.5, 0.6) is 5.75 Å². The van der Waals surface area contributed by atoms with Crippen molar-refractivity contribution < 1.29 is 9.53 Å². The Labute approximate surface area is 76.9 Å². The third-order valence-corrected chi connectivity index (χ3v) is 2.11. The summed E-state index contributed by atoms with van der Waals surface area (Å²) >= 11 is 0. The van der Waals surface area contributed by atoms with Crippen molar-refractivity contribution in [1.29, 1.82) is 0 Å². The molecular formula is C10H11NO2. The SMILES string of the molecule is CN1CC(Oc2ccccc2)C1=O. The Morgan fingerprint density at radius 2 is 2.08 bits per heavy atom. The minimum Gasteiger partial charge on any atom is -0.479 e. The lowest BCUT2D eigenvalue weighted by molar-refractivity contribution is -0.150. The van der Waals surface area contributed by atoms with Gasteiger partial charge in [-0.05, 0) is 12.1 Å². The van der Waals surface area contributed by atoms with E-state index in [1.54, 1.807) is 11.9 Å². The summed E-state index contributed by atoms with van der Waals surface area (Å²) in [6.07, 6.45) is -0.271. The van der Waals surface area contributed by atoms with E-state index in [2.05, 4.69) is 0 Å². The van der Waals surface area contributed by atoms with Gasteiger partial charge in [0.2, 0.25) is 0 Å². The van der Waals surface area contributed by atoms with Crippen LogP contribution >= 0.6 is 0 Å². The molecule has 0 aromatic heterocycles. The van der Waals surface area contributed by atoms with Crippen LogP contribution in [0.4, 0.5) is 0 Å². The summed E-state index contributed by atoms with van der Waals surface area (Å²) in [6.45, 7) is 0.688. The van der Waals surface area contributed by atoms with Crippen LogP contribution in [0.25, 0.3) is 0 Å². The molecule has 0 aliphatic carbocycles. The molecular weight excluding hydrogens is 166 g/mol. The number of likely N-dealkylation sites (tertiary alicyclic amines) is 1.